The molecule has 2 aromatic carbocycles. The van der Waals surface area contributed by atoms with Gasteiger partial charge in [-0.15, -0.1) is 0 Å². The van der Waals surface area contributed by atoms with E-state index in [4.69, 9.17) is 0 Å². The largest absolute Gasteiger partial charge is 0.388 e. The summed E-state index contributed by atoms with van der Waals surface area (Å²) in [5, 5.41) is 16.0. The predicted octanol–water partition coefficient (Wildman–Crippen LogP) is 2.71. The Balaban J connectivity index is 1.22. The molecule has 3 heterocycles. The van der Waals surface area contributed by atoms with E-state index in [0.717, 1.165) is 29.7 Å². The molecule has 2 aliphatic rings. The minimum atomic E-state index is -1.07. The molecule has 10 heteroatoms. The van der Waals surface area contributed by atoms with Gasteiger partial charge in [-0.1, -0.05) is 24.3 Å². The molecule has 1 aliphatic heterocycles. The highest BCUT2D eigenvalue weighted by atomic mass is 16.3. The first kappa shape index (κ1) is 25.9. The number of carbonyl (C=O) groups excluding carboxylic acids is 2. The molecule has 0 atom stereocenters. The van der Waals surface area contributed by atoms with E-state index in [0.29, 0.717) is 42.5 Å². The summed E-state index contributed by atoms with van der Waals surface area (Å²) < 4.78 is 3.07. The first-order chi connectivity index (χ1) is 19.2. The topological polar surface area (TPSA) is 114 Å². The van der Waals surface area contributed by atoms with Crippen LogP contribution in [0, 0.1) is 5.92 Å². The maximum absolute atomic E-state index is 13.3. The van der Waals surface area contributed by atoms with Gasteiger partial charge >= 0.3 is 0 Å². The van der Waals surface area contributed by atoms with Crippen LogP contribution in [0.25, 0.3) is 27.8 Å². The molecular formula is C30H32N6O4. The zero-order valence-corrected chi connectivity index (χ0v) is 22.7. The lowest BCUT2D eigenvalue weighted by Gasteiger charge is -2.38. The summed E-state index contributed by atoms with van der Waals surface area (Å²) in [5.74, 6) is 0.300. The number of amides is 2. The van der Waals surface area contributed by atoms with Gasteiger partial charge in [-0.2, -0.15) is 5.10 Å². The van der Waals surface area contributed by atoms with Crippen molar-refractivity contribution in [2.24, 2.45) is 5.92 Å². The zero-order chi connectivity index (χ0) is 28.0. The first-order valence-electron chi connectivity index (χ1n) is 13.6. The number of rotatable bonds is 6. The van der Waals surface area contributed by atoms with Crippen LogP contribution in [0.1, 0.15) is 36.0 Å². The number of nitrogens with zero attached hydrogens (tertiary/aromatic N) is 6. The van der Waals surface area contributed by atoms with Crippen molar-refractivity contribution in [1.29, 1.82) is 0 Å². The van der Waals surface area contributed by atoms with Gasteiger partial charge < -0.3 is 14.9 Å². The van der Waals surface area contributed by atoms with E-state index >= 15 is 0 Å². The maximum Gasteiger partial charge on any atom is 0.264 e. The fraction of sp³-hybridized carbons (Fsp3) is 0.367. The van der Waals surface area contributed by atoms with Crippen molar-refractivity contribution in [3.63, 3.8) is 0 Å². The predicted molar refractivity (Wildman–Crippen MR) is 150 cm³/mol. The average Bonchev–Trinajstić information content (AvgIpc) is 3.73. The number of aliphatic hydroxyl groups is 1. The second kappa shape index (κ2) is 10.0. The van der Waals surface area contributed by atoms with Gasteiger partial charge in [-0.3, -0.25) is 19.0 Å². The van der Waals surface area contributed by atoms with E-state index in [1.54, 1.807) is 35.8 Å². The zero-order valence-electron chi connectivity index (χ0n) is 22.7. The molecule has 0 bridgehead atoms. The highest BCUT2D eigenvalue weighted by Gasteiger charge is 2.39. The van der Waals surface area contributed by atoms with Crippen molar-refractivity contribution in [2.75, 3.05) is 27.2 Å². The molecule has 1 saturated heterocycles. The molecule has 206 valence electrons. The van der Waals surface area contributed by atoms with E-state index in [-0.39, 0.29) is 29.8 Å². The molecular weight excluding hydrogens is 508 g/mol. The van der Waals surface area contributed by atoms with Crippen molar-refractivity contribution in [3.05, 3.63) is 77.0 Å². The molecule has 1 N–H and O–H groups in total. The SMILES string of the molecule is CN(C)C(=O)c1ccc(-c2cccc(-n3ncc4c(=O)n(CC5(O)CCN(C(=O)C6CC6)CC5)cnc43)c2)cc1. The Morgan fingerprint density at radius 2 is 1.77 bits per heavy atom. The van der Waals surface area contributed by atoms with Gasteiger partial charge in [0.15, 0.2) is 5.65 Å². The summed E-state index contributed by atoms with van der Waals surface area (Å²) in [6.45, 7) is 1.12. The lowest BCUT2D eigenvalue weighted by molar-refractivity contribution is -0.137. The Bertz CT molecular complexity index is 1640. The Labute approximate surface area is 231 Å². The fourth-order valence-electron chi connectivity index (χ4n) is 5.34. The quantitative estimate of drug-likeness (QED) is 0.402. The molecule has 6 rings (SSSR count). The summed E-state index contributed by atoms with van der Waals surface area (Å²) in [4.78, 5) is 45.9. The number of carbonyl (C=O) groups is 2. The number of piperidine rings is 1. The lowest BCUT2D eigenvalue weighted by Crippen LogP contribution is -2.50. The van der Waals surface area contributed by atoms with Crippen LogP contribution in [-0.2, 0) is 11.3 Å². The molecule has 0 unspecified atom stereocenters. The molecule has 1 saturated carbocycles. The van der Waals surface area contributed by atoms with E-state index in [1.165, 1.54) is 17.1 Å². The molecule has 1 aliphatic carbocycles. The van der Waals surface area contributed by atoms with Crippen molar-refractivity contribution in [2.45, 2.75) is 37.8 Å². The molecule has 10 nitrogen and oxygen atoms in total. The van der Waals surface area contributed by atoms with Crippen LogP contribution in [0.2, 0.25) is 0 Å². The molecule has 0 radical (unpaired) electrons. The van der Waals surface area contributed by atoms with Gasteiger partial charge in [-0.05, 0) is 61.1 Å². The van der Waals surface area contributed by atoms with Crippen LogP contribution in [0.3, 0.4) is 0 Å². The van der Waals surface area contributed by atoms with Crippen LogP contribution in [0.4, 0.5) is 0 Å². The van der Waals surface area contributed by atoms with Crippen LogP contribution >= 0.6 is 0 Å². The summed E-state index contributed by atoms with van der Waals surface area (Å²) in [7, 11) is 3.45. The molecule has 2 aromatic heterocycles. The molecule has 2 fully saturated rings. The van der Waals surface area contributed by atoms with Gasteiger partial charge in [-0.25, -0.2) is 9.67 Å². The van der Waals surface area contributed by atoms with Gasteiger partial charge in [0, 0.05) is 38.7 Å². The second-order valence-electron chi connectivity index (χ2n) is 11.1. The van der Waals surface area contributed by atoms with Gasteiger partial charge in [0.05, 0.1) is 24.0 Å². The van der Waals surface area contributed by atoms with E-state index < -0.39 is 5.60 Å². The van der Waals surface area contributed by atoms with E-state index in [2.05, 4.69) is 10.1 Å². The van der Waals surface area contributed by atoms with E-state index in [1.807, 2.05) is 41.3 Å². The van der Waals surface area contributed by atoms with Gasteiger partial charge in [0.2, 0.25) is 5.91 Å². The third kappa shape index (κ3) is 4.90. The highest BCUT2D eigenvalue weighted by molar-refractivity contribution is 5.94. The number of hydrogen-bond donors (Lipinski definition) is 1. The summed E-state index contributed by atoms with van der Waals surface area (Å²) in [5.41, 5.74) is 2.34. The van der Waals surface area contributed by atoms with Crippen LogP contribution in [0.15, 0.2) is 65.8 Å². The van der Waals surface area contributed by atoms with Crippen molar-refractivity contribution in [3.8, 4) is 16.8 Å². The fourth-order valence-corrected chi connectivity index (χ4v) is 5.34. The van der Waals surface area contributed by atoms with Crippen molar-refractivity contribution in [1.82, 2.24) is 29.1 Å². The van der Waals surface area contributed by atoms with E-state index in [9.17, 15) is 19.5 Å². The van der Waals surface area contributed by atoms with Crippen LogP contribution in [0.5, 0.6) is 0 Å². The lowest BCUT2D eigenvalue weighted by atomic mass is 9.91. The number of benzene rings is 2. The Morgan fingerprint density at radius 1 is 1.05 bits per heavy atom. The average molecular weight is 541 g/mol. The standard InChI is InChI=1S/C30H32N6O4/c1-33(2)27(37)21-8-6-20(7-9-21)23-4-3-5-24(16-23)36-26-25(17-32-36)29(39)35(19-31-26)18-30(40)12-14-34(15-13-30)28(38)22-10-11-22/h3-9,16-17,19,22,40H,10-15,18H2,1-2H3. The molecule has 0 spiro atoms. The van der Waals surface area contributed by atoms with Crippen LogP contribution in [-0.4, -0.2) is 78.8 Å². The highest BCUT2D eigenvalue weighted by Crippen LogP contribution is 2.33. The normalized spacial score (nSPS) is 16.7. The minimum Gasteiger partial charge on any atom is -0.388 e. The maximum atomic E-state index is 13.3. The molecule has 2 amide bonds. The molecule has 4 aromatic rings. The summed E-state index contributed by atoms with van der Waals surface area (Å²) in [6.07, 6.45) is 5.75. The number of aromatic nitrogens is 4. The Morgan fingerprint density at radius 3 is 2.45 bits per heavy atom. The van der Waals surface area contributed by atoms with Gasteiger partial charge in [0.1, 0.15) is 11.7 Å². The first-order valence-corrected chi connectivity index (χ1v) is 13.6. The molecule has 40 heavy (non-hydrogen) atoms. The smallest absolute Gasteiger partial charge is 0.264 e. The number of fused-ring (bicyclic) bond motifs is 1. The summed E-state index contributed by atoms with van der Waals surface area (Å²) >= 11 is 0. The minimum absolute atomic E-state index is 0.0544. The Hall–Kier alpha value is -4.31. The number of likely N-dealkylation sites (tertiary alicyclic amines) is 1. The van der Waals surface area contributed by atoms with Crippen molar-refractivity contribution < 1.29 is 14.7 Å². The third-order valence-corrected chi connectivity index (χ3v) is 7.91. The second-order valence-corrected chi connectivity index (χ2v) is 11.1. The number of hydrogen-bond acceptors (Lipinski definition) is 6. The van der Waals surface area contributed by atoms with Gasteiger partial charge in [0.25, 0.3) is 11.5 Å². The Kier molecular flexibility index (Phi) is 6.50. The third-order valence-electron chi connectivity index (χ3n) is 7.91. The van der Waals surface area contributed by atoms with Crippen LogP contribution < -0.4 is 5.56 Å². The summed E-state index contributed by atoms with van der Waals surface area (Å²) in [6, 6.07) is 15.2. The van der Waals surface area contributed by atoms with Crippen molar-refractivity contribution >= 4 is 22.8 Å². The monoisotopic (exact) mass is 540 g/mol.